The Morgan fingerprint density at radius 2 is 1.30 bits per heavy atom. The Balaban J connectivity index is 0.728. The SMILES string of the molecule is Cc1cc(C(=O)N2CCN(C(=O)OC3CCOC3)CC2)ccc1NS(=O)(=O)c1cc(C2CCC(CN3CCN(C(=O)c4ccc(NS(=O)(=O)c5cccc6cccnc56)cc4)CC3)C2)cc2cccnc12. The molecule has 4 fully saturated rings. The zero-order chi connectivity index (χ0) is 49.3. The summed E-state index contributed by atoms with van der Waals surface area (Å²) in [5.41, 5.74) is 3.91. The van der Waals surface area contributed by atoms with E-state index in [1.54, 1.807) is 95.8 Å². The lowest BCUT2D eigenvalue weighted by Crippen LogP contribution is -2.51. The second kappa shape index (κ2) is 20.2. The third kappa shape index (κ3) is 10.5. The van der Waals surface area contributed by atoms with E-state index in [4.69, 9.17) is 9.47 Å². The third-order valence-electron chi connectivity index (χ3n) is 14.1. The Labute approximate surface area is 413 Å². The van der Waals surface area contributed by atoms with Crippen LogP contribution in [0.3, 0.4) is 0 Å². The highest BCUT2D eigenvalue weighted by Gasteiger charge is 2.33. The van der Waals surface area contributed by atoms with Crippen LogP contribution in [0.2, 0.25) is 0 Å². The van der Waals surface area contributed by atoms with Crippen LogP contribution in [-0.4, -0.2) is 143 Å². The summed E-state index contributed by atoms with van der Waals surface area (Å²) in [7, 11) is -8.05. The van der Waals surface area contributed by atoms with Gasteiger partial charge >= 0.3 is 6.09 Å². The number of aryl methyl sites for hydroxylation is 1. The van der Waals surface area contributed by atoms with Crippen molar-refractivity contribution in [2.45, 2.75) is 54.4 Å². The molecule has 2 N–H and O–H groups in total. The van der Waals surface area contributed by atoms with E-state index in [9.17, 15) is 31.2 Å². The van der Waals surface area contributed by atoms with Gasteiger partial charge in [-0.3, -0.25) is 33.9 Å². The molecule has 2 aromatic heterocycles. The molecule has 3 atom stereocenters. The normalized spacial score (nSPS) is 20.1. The molecule has 3 aliphatic heterocycles. The van der Waals surface area contributed by atoms with Crippen molar-refractivity contribution in [2.75, 3.05) is 81.6 Å². The molecule has 5 heterocycles. The fraction of sp³-hybridized carbons (Fsp3) is 0.365. The van der Waals surface area contributed by atoms with Crippen LogP contribution in [-0.2, 0) is 29.5 Å². The van der Waals surface area contributed by atoms with Gasteiger partial charge in [0.15, 0.2) is 0 Å². The van der Waals surface area contributed by atoms with Crippen LogP contribution in [0.15, 0.2) is 119 Å². The number of hydrogen-bond acceptors (Lipinski definition) is 12. The summed E-state index contributed by atoms with van der Waals surface area (Å²) in [5, 5.41) is 1.46. The van der Waals surface area contributed by atoms with Crippen molar-refractivity contribution in [3.63, 3.8) is 0 Å². The topological polar surface area (TPSA) is 201 Å². The molecular weight excluding hydrogens is 945 g/mol. The molecule has 3 unspecified atom stereocenters. The van der Waals surface area contributed by atoms with Crippen LogP contribution < -0.4 is 9.44 Å². The minimum atomic E-state index is -4.12. The lowest BCUT2D eigenvalue weighted by molar-refractivity contribution is 0.0370. The van der Waals surface area contributed by atoms with Gasteiger partial charge in [-0.2, -0.15) is 0 Å². The summed E-state index contributed by atoms with van der Waals surface area (Å²) in [6.07, 6.45) is 6.00. The van der Waals surface area contributed by atoms with Crippen molar-refractivity contribution in [2.24, 2.45) is 5.92 Å². The van der Waals surface area contributed by atoms with Gasteiger partial charge in [0, 0.05) is 105 Å². The van der Waals surface area contributed by atoms with Gasteiger partial charge in [-0.05, 0) is 122 Å². The Morgan fingerprint density at radius 3 is 2.00 bits per heavy atom. The molecule has 4 aromatic carbocycles. The second-order valence-electron chi connectivity index (χ2n) is 18.9. The van der Waals surface area contributed by atoms with E-state index in [0.717, 1.165) is 55.2 Å². The van der Waals surface area contributed by atoms with E-state index in [0.29, 0.717) is 104 Å². The molecule has 6 aromatic rings. The number of hydrogen-bond donors (Lipinski definition) is 2. The lowest BCUT2D eigenvalue weighted by atomic mass is 9.94. The van der Waals surface area contributed by atoms with Crippen molar-refractivity contribution < 1.29 is 40.7 Å². The summed E-state index contributed by atoms with van der Waals surface area (Å²) < 4.78 is 71.5. The minimum Gasteiger partial charge on any atom is -0.444 e. The Hall–Kier alpha value is -6.67. The maximum absolute atomic E-state index is 14.3. The lowest BCUT2D eigenvalue weighted by Gasteiger charge is -2.36. The number of para-hydroxylation sites is 1. The monoisotopic (exact) mass is 1000 g/mol. The van der Waals surface area contributed by atoms with Crippen LogP contribution in [0.4, 0.5) is 16.2 Å². The van der Waals surface area contributed by atoms with Crippen LogP contribution in [0.25, 0.3) is 21.8 Å². The van der Waals surface area contributed by atoms with E-state index in [1.807, 2.05) is 23.1 Å². The number of fused-ring (bicyclic) bond motifs is 2. The number of nitrogens with zero attached hydrogens (tertiary/aromatic N) is 6. The molecule has 1 saturated carbocycles. The highest BCUT2D eigenvalue weighted by Crippen LogP contribution is 2.41. The number of rotatable bonds is 12. The van der Waals surface area contributed by atoms with Crippen LogP contribution >= 0.6 is 0 Å². The van der Waals surface area contributed by atoms with E-state index in [1.165, 1.54) is 6.07 Å². The molecule has 0 bridgehead atoms. The fourth-order valence-corrected chi connectivity index (χ4v) is 12.8. The van der Waals surface area contributed by atoms with Crippen molar-refractivity contribution >= 4 is 71.1 Å². The second-order valence-corrected chi connectivity index (χ2v) is 22.2. The molecular formula is C52H56N8O9S2. The Bertz CT molecular complexity index is 3200. The molecule has 4 aliphatic rings. The van der Waals surface area contributed by atoms with Crippen molar-refractivity contribution in [1.82, 2.24) is 29.6 Å². The molecule has 10 rings (SSSR count). The maximum Gasteiger partial charge on any atom is 0.410 e. The largest absolute Gasteiger partial charge is 0.444 e. The summed E-state index contributed by atoms with van der Waals surface area (Å²) in [5.74, 6) is 0.243. The van der Waals surface area contributed by atoms with Crippen LogP contribution in [0.5, 0.6) is 0 Å². The van der Waals surface area contributed by atoms with Gasteiger partial charge in [0.2, 0.25) is 0 Å². The first-order chi connectivity index (χ1) is 34.3. The zero-order valence-electron chi connectivity index (χ0n) is 39.4. The summed E-state index contributed by atoms with van der Waals surface area (Å²) in [6.45, 7) is 7.59. The number of ether oxygens (including phenoxy) is 2. The van der Waals surface area contributed by atoms with Gasteiger partial charge in [-0.1, -0.05) is 24.3 Å². The first-order valence-corrected chi connectivity index (χ1v) is 27.1. The number of benzene rings is 4. The number of carbonyl (C=O) groups is 3. The number of aromatic nitrogens is 2. The standard InChI is InChI=1S/C52H56N8O9S2/c1-35-29-41(51(62)59-24-26-60(27-25-59)52(63)69-44-17-28-68-34-44)13-16-45(35)56-71(66,67)47-32-42(31-40-7-4-19-54-49(40)47)39-10-9-36(30-39)33-57-20-22-58(23-21-57)50(61)38-11-14-43(15-12-38)55-70(64,65)46-8-2-5-37-6-3-18-53-48(37)46/h2-8,11-16,18-19,29,31-32,36,39,44,55-56H,9-10,17,20-28,30,33-34H2,1H3. The number of pyridine rings is 2. The predicted octanol–water partition coefficient (Wildman–Crippen LogP) is 6.72. The molecule has 17 nitrogen and oxygen atoms in total. The smallest absolute Gasteiger partial charge is 0.410 e. The summed E-state index contributed by atoms with van der Waals surface area (Å²) in [6, 6.07) is 27.5. The number of amides is 3. The van der Waals surface area contributed by atoms with E-state index in [2.05, 4.69) is 30.4 Å². The fourth-order valence-electron chi connectivity index (χ4n) is 10.2. The van der Waals surface area contributed by atoms with Gasteiger partial charge in [-0.25, -0.2) is 21.6 Å². The van der Waals surface area contributed by atoms with Gasteiger partial charge in [0.25, 0.3) is 31.9 Å². The van der Waals surface area contributed by atoms with Crippen molar-refractivity contribution in [3.8, 4) is 0 Å². The quantitative estimate of drug-likeness (QED) is 0.131. The molecule has 19 heteroatoms. The van der Waals surface area contributed by atoms with E-state index in [-0.39, 0.29) is 33.6 Å². The highest BCUT2D eigenvalue weighted by atomic mass is 32.2. The number of carbonyl (C=O) groups excluding carboxylic acids is 3. The zero-order valence-corrected chi connectivity index (χ0v) is 41.0. The average molecular weight is 1000 g/mol. The first-order valence-electron chi connectivity index (χ1n) is 24.1. The van der Waals surface area contributed by atoms with Gasteiger partial charge in [-0.15, -0.1) is 0 Å². The van der Waals surface area contributed by atoms with Gasteiger partial charge in [0.05, 0.1) is 29.9 Å². The maximum atomic E-state index is 14.3. The van der Waals surface area contributed by atoms with Crippen molar-refractivity contribution in [3.05, 3.63) is 132 Å². The molecule has 370 valence electrons. The third-order valence-corrected chi connectivity index (χ3v) is 16.9. The van der Waals surface area contributed by atoms with Crippen LogP contribution in [0.1, 0.15) is 63.4 Å². The highest BCUT2D eigenvalue weighted by molar-refractivity contribution is 7.93. The van der Waals surface area contributed by atoms with Crippen LogP contribution in [0, 0.1) is 12.8 Å². The molecule has 3 amide bonds. The van der Waals surface area contributed by atoms with Crippen molar-refractivity contribution in [1.29, 1.82) is 0 Å². The minimum absolute atomic E-state index is 0.0778. The number of sulfonamides is 2. The molecule has 1 aliphatic carbocycles. The summed E-state index contributed by atoms with van der Waals surface area (Å²) >= 11 is 0. The Morgan fingerprint density at radius 1 is 0.662 bits per heavy atom. The number of anilines is 2. The molecule has 71 heavy (non-hydrogen) atoms. The summed E-state index contributed by atoms with van der Waals surface area (Å²) in [4.78, 5) is 56.2. The Kier molecular flexibility index (Phi) is 13.7. The van der Waals surface area contributed by atoms with Gasteiger partial charge < -0.3 is 24.2 Å². The number of nitrogens with one attached hydrogen (secondary N) is 2. The predicted molar refractivity (Wildman–Crippen MR) is 268 cm³/mol. The first kappa shape index (κ1) is 48.0. The van der Waals surface area contributed by atoms with Gasteiger partial charge in [0.1, 0.15) is 15.9 Å². The average Bonchev–Trinajstić information content (AvgIpc) is 4.09. The molecule has 0 spiro atoms. The van der Waals surface area contributed by atoms with E-state index < -0.39 is 26.1 Å². The van der Waals surface area contributed by atoms with E-state index >= 15 is 0 Å². The molecule has 0 radical (unpaired) electrons. The number of piperazine rings is 2. The molecule has 3 saturated heterocycles.